The Labute approximate surface area is 115 Å². The summed E-state index contributed by atoms with van der Waals surface area (Å²) in [4.78, 5) is 0. The summed E-state index contributed by atoms with van der Waals surface area (Å²) in [7, 11) is 0. The van der Waals surface area contributed by atoms with Gasteiger partial charge in [-0.15, -0.1) is 19.0 Å². The van der Waals surface area contributed by atoms with Gasteiger partial charge in [0.2, 0.25) is 0 Å². The van der Waals surface area contributed by atoms with Crippen molar-refractivity contribution in [2.24, 2.45) is 5.73 Å². The maximum atomic E-state index is 9.78. The van der Waals surface area contributed by atoms with E-state index in [2.05, 4.69) is 22.5 Å². The predicted octanol–water partition coefficient (Wildman–Crippen LogP) is 4.20. The molecular weight excluding hydrogens is 313 g/mol. The molecule has 0 amide bonds. The molecule has 0 heterocycles. The molecule has 90 valence electrons. The molecule has 0 saturated heterocycles. The Hall–Kier alpha value is -0.220. The van der Waals surface area contributed by atoms with Crippen molar-refractivity contribution in [1.82, 2.24) is 0 Å². The quantitative estimate of drug-likeness (QED) is 0.815. The summed E-state index contributed by atoms with van der Waals surface area (Å²) in [6, 6.07) is 3.17. The van der Waals surface area contributed by atoms with Gasteiger partial charge in [-0.05, 0) is 25.0 Å². The SMILES string of the molecule is C=CCC[C@H](N)c1c(Br)ccc(Cl)c1O.Cl. The van der Waals surface area contributed by atoms with Gasteiger partial charge in [-0.25, -0.2) is 0 Å². The van der Waals surface area contributed by atoms with Crippen LogP contribution in [0.15, 0.2) is 29.3 Å². The third-order valence-corrected chi connectivity index (χ3v) is 3.16. The van der Waals surface area contributed by atoms with Crippen LogP contribution in [0.3, 0.4) is 0 Å². The number of hydrogen-bond donors (Lipinski definition) is 2. The highest BCUT2D eigenvalue weighted by Gasteiger charge is 2.16. The zero-order valence-electron chi connectivity index (χ0n) is 8.62. The maximum absolute atomic E-state index is 9.78. The van der Waals surface area contributed by atoms with E-state index in [1.54, 1.807) is 18.2 Å². The molecule has 1 atom stereocenters. The Morgan fingerprint density at radius 1 is 1.56 bits per heavy atom. The highest BCUT2D eigenvalue weighted by atomic mass is 79.9. The first-order valence-electron chi connectivity index (χ1n) is 4.61. The summed E-state index contributed by atoms with van der Waals surface area (Å²) >= 11 is 9.17. The number of phenolic OH excluding ortho intramolecular Hbond substituents is 1. The van der Waals surface area contributed by atoms with E-state index >= 15 is 0 Å². The van der Waals surface area contributed by atoms with Crippen molar-refractivity contribution < 1.29 is 5.11 Å². The van der Waals surface area contributed by atoms with Crippen LogP contribution in [0.1, 0.15) is 24.4 Å². The molecule has 0 unspecified atom stereocenters. The van der Waals surface area contributed by atoms with E-state index in [0.29, 0.717) is 10.6 Å². The van der Waals surface area contributed by atoms with Crippen molar-refractivity contribution in [2.45, 2.75) is 18.9 Å². The minimum absolute atomic E-state index is 0. The van der Waals surface area contributed by atoms with E-state index in [4.69, 9.17) is 17.3 Å². The van der Waals surface area contributed by atoms with E-state index in [-0.39, 0.29) is 24.2 Å². The normalized spacial score (nSPS) is 11.7. The van der Waals surface area contributed by atoms with E-state index in [0.717, 1.165) is 17.3 Å². The Kier molecular flexibility index (Phi) is 7.07. The van der Waals surface area contributed by atoms with Crippen LogP contribution in [0.5, 0.6) is 5.75 Å². The molecule has 2 nitrogen and oxygen atoms in total. The lowest BCUT2D eigenvalue weighted by Gasteiger charge is -2.15. The first kappa shape index (κ1) is 15.8. The molecule has 0 bridgehead atoms. The Balaban J connectivity index is 0.00000225. The van der Waals surface area contributed by atoms with Crippen molar-refractivity contribution in [1.29, 1.82) is 0 Å². The number of aromatic hydroxyl groups is 1. The van der Waals surface area contributed by atoms with Crippen LogP contribution in [-0.4, -0.2) is 5.11 Å². The second kappa shape index (κ2) is 7.17. The smallest absolute Gasteiger partial charge is 0.140 e. The average Bonchev–Trinajstić information content (AvgIpc) is 2.21. The van der Waals surface area contributed by atoms with E-state index < -0.39 is 0 Å². The average molecular weight is 327 g/mol. The fraction of sp³-hybridized carbons (Fsp3) is 0.273. The van der Waals surface area contributed by atoms with Gasteiger partial charge in [-0.3, -0.25) is 0 Å². The zero-order valence-corrected chi connectivity index (χ0v) is 11.8. The fourth-order valence-electron chi connectivity index (χ4n) is 1.35. The lowest BCUT2D eigenvalue weighted by Crippen LogP contribution is -2.10. The molecule has 5 heteroatoms. The van der Waals surface area contributed by atoms with Gasteiger partial charge >= 0.3 is 0 Å². The number of phenols is 1. The van der Waals surface area contributed by atoms with Gasteiger partial charge in [0.1, 0.15) is 5.75 Å². The summed E-state index contributed by atoms with van der Waals surface area (Å²) in [5, 5.41) is 10.1. The molecule has 1 rings (SSSR count). The molecule has 0 spiro atoms. The predicted molar refractivity (Wildman–Crippen MR) is 74.4 cm³/mol. The van der Waals surface area contributed by atoms with Crippen LogP contribution in [0, 0.1) is 0 Å². The van der Waals surface area contributed by atoms with Gasteiger partial charge < -0.3 is 10.8 Å². The maximum Gasteiger partial charge on any atom is 0.140 e. The molecule has 0 aliphatic rings. The second-order valence-corrected chi connectivity index (χ2v) is 4.53. The summed E-state index contributed by atoms with van der Waals surface area (Å²) in [6.07, 6.45) is 3.34. The third-order valence-electron chi connectivity index (χ3n) is 2.17. The number of hydrogen-bond acceptors (Lipinski definition) is 2. The highest BCUT2D eigenvalue weighted by Crippen LogP contribution is 2.37. The van der Waals surface area contributed by atoms with Crippen molar-refractivity contribution >= 4 is 39.9 Å². The zero-order chi connectivity index (χ0) is 11.4. The minimum atomic E-state index is -0.240. The first-order chi connectivity index (χ1) is 7.07. The van der Waals surface area contributed by atoms with Crippen molar-refractivity contribution in [3.05, 3.63) is 39.8 Å². The molecule has 0 saturated carbocycles. The van der Waals surface area contributed by atoms with Gasteiger partial charge in [0.05, 0.1) is 5.02 Å². The fourth-order valence-corrected chi connectivity index (χ4v) is 2.13. The summed E-state index contributed by atoms with van der Waals surface area (Å²) in [5.74, 6) is 0.0580. The molecule has 0 aromatic heterocycles. The van der Waals surface area contributed by atoms with Crippen LogP contribution in [0.25, 0.3) is 0 Å². The van der Waals surface area contributed by atoms with Crippen molar-refractivity contribution in [3.8, 4) is 5.75 Å². The minimum Gasteiger partial charge on any atom is -0.506 e. The van der Waals surface area contributed by atoms with Crippen LogP contribution in [-0.2, 0) is 0 Å². The molecule has 0 fully saturated rings. The van der Waals surface area contributed by atoms with Crippen molar-refractivity contribution in [2.75, 3.05) is 0 Å². The van der Waals surface area contributed by atoms with Crippen LogP contribution < -0.4 is 5.73 Å². The van der Waals surface area contributed by atoms with Gasteiger partial charge in [-0.2, -0.15) is 0 Å². The van der Waals surface area contributed by atoms with E-state index in [1.165, 1.54) is 0 Å². The molecule has 0 radical (unpaired) electrons. The molecule has 16 heavy (non-hydrogen) atoms. The molecule has 0 aliphatic carbocycles. The number of rotatable bonds is 4. The standard InChI is InChI=1S/C11H13BrClNO.ClH/c1-2-3-4-9(14)10-7(12)5-6-8(13)11(10)15;/h2,5-6,9,15H,1,3-4,14H2;1H/t9-;/m0./s1. The Morgan fingerprint density at radius 3 is 2.75 bits per heavy atom. The summed E-state index contributed by atoms with van der Waals surface area (Å²) in [6.45, 7) is 3.63. The number of halogens is 3. The monoisotopic (exact) mass is 325 g/mol. The topological polar surface area (TPSA) is 46.2 Å². The van der Waals surface area contributed by atoms with E-state index in [9.17, 15) is 5.11 Å². The lowest BCUT2D eigenvalue weighted by atomic mass is 10.0. The van der Waals surface area contributed by atoms with Crippen LogP contribution >= 0.6 is 39.9 Å². The molecule has 0 aliphatic heterocycles. The number of benzene rings is 1. The largest absolute Gasteiger partial charge is 0.506 e. The molecule has 1 aromatic rings. The Morgan fingerprint density at radius 2 is 2.19 bits per heavy atom. The number of nitrogens with two attached hydrogens (primary N) is 1. The molecule has 3 N–H and O–H groups in total. The Bertz CT molecular complexity index is 371. The second-order valence-electron chi connectivity index (χ2n) is 3.26. The molecular formula is C11H14BrCl2NO. The van der Waals surface area contributed by atoms with Crippen LogP contribution in [0.2, 0.25) is 5.02 Å². The lowest BCUT2D eigenvalue weighted by molar-refractivity contribution is 0.458. The van der Waals surface area contributed by atoms with Crippen molar-refractivity contribution in [3.63, 3.8) is 0 Å². The van der Waals surface area contributed by atoms with E-state index in [1.807, 2.05) is 0 Å². The van der Waals surface area contributed by atoms with Gasteiger partial charge in [0, 0.05) is 16.1 Å². The van der Waals surface area contributed by atoms with Gasteiger partial charge in [0.15, 0.2) is 0 Å². The first-order valence-corrected chi connectivity index (χ1v) is 5.78. The molecule has 1 aromatic carbocycles. The third kappa shape index (κ3) is 3.67. The highest BCUT2D eigenvalue weighted by molar-refractivity contribution is 9.10. The number of allylic oxidation sites excluding steroid dienone is 1. The van der Waals surface area contributed by atoms with Crippen LogP contribution in [0.4, 0.5) is 0 Å². The summed E-state index contributed by atoms with van der Waals surface area (Å²) in [5.41, 5.74) is 6.61. The van der Waals surface area contributed by atoms with Gasteiger partial charge in [-0.1, -0.05) is 33.6 Å². The summed E-state index contributed by atoms with van der Waals surface area (Å²) < 4.78 is 0.779. The van der Waals surface area contributed by atoms with Gasteiger partial charge in [0.25, 0.3) is 0 Å².